The van der Waals surface area contributed by atoms with Crippen LogP contribution in [0, 0.1) is 0 Å². The maximum atomic E-state index is 12.4. The summed E-state index contributed by atoms with van der Waals surface area (Å²) in [6.45, 7) is 0.628. The fourth-order valence-electron chi connectivity index (χ4n) is 2.50. The van der Waals surface area contributed by atoms with E-state index in [4.69, 9.17) is 9.47 Å². The molecule has 0 saturated carbocycles. The Morgan fingerprint density at radius 2 is 1.90 bits per heavy atom. The molecule has 1 aliphatic rings. The highest BCUT2D eigenvalue weighted by Gasteiger charge is 2.17. The summed E-state index contributed by atoms with van der Waals surface area (Å²) in [4.78, 5) is 24.4. The van der Waals surface area contributed by atoms with Gasteiger partial charge in [0.1, 0.15) is 0 Å². The van der Waals surface area contributed by atoms with Crippen LogP contribution in [0.3, 0.4) is 0 Å². The highest BCUT2D eigenvalue weighted by atomic mass is 32.2. The van der Waals surface area contributed by atoms with Gasteiger partial charge in [-0.05, 0) is 23.8 Å². The highest BCUT2D eigenvalue weighted by Crippen LogP contribution is 2.33. The minimum atomic E-state index is -0.323. The Bertz CT molecular complexity index is 1030. The number of anilines is 1. The average molecular weight is 428 g/mol. The van der Waals surface area contributed by atoms with Gasteiger partial charge >= 0.3 is 0 Å². The Kier molecular flexibility index (Phi) is 5.92. The molecular weight excluding hydrogens is 412 g/mol. The normalized spacial score (nSPS) is 11.9. The van der Waals surface area contributed by atoms with Gasteiger partial charge in [0.15, 0.2) is 15.8 Å². The fraction of sp³-hybridized carbons (Fsp3) is 0.158. The van der Waals surface area contributed by atoms with Gasteiger partial charge in [0, 0.05) is 12.1 Å². The number of amides is 2. The van der Waals surface area contributed by atoms with Crippen LogP contribution in [0.15, 0.2) is 52.9 Å². The number of benzene rings is 2. The summed E-state index contributed by atoms with van der Waals surface area (Å²) in [5.41, 5.74) is 1.47. The molecule has 0 bridgehead atoms. The summed E-state index contributed by atoms with van der Waals surface area (Å²) < 4.78 is 11.1. The van der Waals surface area contributed by atoms with E-state index < -0.39 is 0 Å². The lowest BCUT2D eigenvalue weighted by atomic mass is 10.2. The van der Waals surface area contributed by atoms with Crippen molar-refractivity contribution in [2.45, 2.75) is 10.9 Å². The second-order valence-electron chi connectivity index (χ2n) is 5.95. The van der Waals surface area contributed by atoms with Crippen LogP contribution >= 0.6 is 23.1 Å². The number of rotatable bonds is 7. The van der Waals surface area contributed by atoms with Gasteiger partial charge in [-0.2, -0.15) is 0 Å². The summed E-state index contributed by atoms with van der Waals surface area (Å²) >= 11 is 2.48. The zero-order chi connectivity index (χ0) is 20.1. The topological polar surface area (TPSA) is 102 Å². The van der Waals surface area contributed by atoms with Crippen LogP contribution in [0.25, 0.3) is 0 Å². The molecule has 8 nitrogen and oxygen atoms in total. The first-order valence-electron chi connectivity index (χ1n) is 8.65. The van der Waals surface area contributed by atoms with E-state index in [9.17, 15) is 9.59 Å². The molecule has 3 aromatic rings. The van der Waals surface area contributed by atoms with Crippen molar-refractivity contribution < 1.29 is 19.1 Å². The molecule has 4 rings (SSSR count). The molecule has 0 radical (unpaired) electrons. The van der Waals surface area contributed by atoms with Crippen LogP contribution in [-0.2, 0) is 11.3 Å². The average Bonchev–Trinajstić information content (AvgIpc) is 3.40. The summed E-state index contributed by atoms with van der Waals surface area (Å²) in [7, 11) is 0. The number of carbonyl (C=O) groups is 2. The standard InChI is InChI=1S/C19H16N4O4S2/c24-16(20-9-12-4-2-1-3-5-12)10-28-19-23-22-18(29-19)21-17(25)13-6-7-14-15(8-13)27-11-26-14/h1-8H,9-11H2,(H,20,24)(H,21,22,25). The number of aromatic nitrogens is 2. The van der Waals surface area contributed by atoms with Crippen LogP contribution in [0.2, 0.25) is 0 Å². The summed E-state index contributed by atoms with van der Waals surface area (Å²) in [5, 5.41) is 13.9. The molecule has 0 spiro atoms. The van der Waals surface area contributed by atoms with Crippen molar-refractivity contribution in [2.24, 2.45) is 0 Å². The number of thioether (sulfide) groups is 1. The molecule has 2 aromatic carbocycles. The maximum Gasteiger partial charge on any atom is 0.257 e. The van der Waals surface area contributed by atoms with E-state index in [1.807, 2.05) is 30.3 Å². The van der Waals surface area contributed by atoms with E-state index in [-0.39, 0.29) is 24.4 Å². The number of nitrogens with one attached hydrogen (secondary N) is 2. The van der Waals surface area contributed by atoms with E-state index in [0.29, 0.717) is 33.1 Å². The molecule has 0 atom stereocenters. The second kappa shape index (κ2) is 8.93. The number of hydrogen-bond donors (Lipinski definition) is 2. The molecule has 0 fully saturated rings. The number of fused-ring (bicyclic) bond motifs is 1. The van der Waals surface area contributed by atoms with Crippen molar-refractivity contribution in [1.29, 1.82) is 0 Å². The minimum absolute atomic E-state index is 0.0972. The molecule has 148 valence electrons. The third-order valence-electron chi connectivity index (χ3n) is 3.92. The summed E-state index contributed by atoms with van der Waals surface area (Å²) in [6, 6.07) is 14.6. The van der Waals surface area contributed by atoms with Crippen molar-refractivity contribution in [2.75, 3.05) is 17.9 Å². The van der Waals surface area contributed by atoms with Crippen molar-refractivity contribution >= 4 is 40.0 Å². The van der Waals surface area contributed by atoms with Gasteiger partial charge in [0.25, 0.3) is 5.91 Å². The van der Waals surface area contributed by atoms with Gasteiger partial charge in [-0.25, -0.2) is 0 Å². The number of nitrogens with zero attached hydrogens (tertiary/aromatic N) is 2. The highest BCUT2D eigenvalue weighted by molar-refractivity contribution is 8.01. The lowest BCUT2D eigenvalue weighted by Gasteiger charge is -2.04. The first-order chi connectivity index (χ1) is 14.2. The molecule has 2 amide bonds. The Morgan fingerprint density at radius 3 is 2.76 bits per heavy atom. The lowest BCUT2D eigenvalue weighted by molar-refractivity contribution is -0.118. The first-order valence-corrected chi connectivity index (χ1v) is 10.5. The van der Waals surface area contributed by atoms with Gasteiger partial charge < -0.3 is 14.8 Å². The second-order valence-corrected chi connectivity index (χ2v) is 8.15. The van der Waals surface area contributed by atoms with Crippen molar-refractivity contribution in [3.63, 3.8) is 0 Å². The molecule has 0 saturated heterocycles. The molecule has 2 heterocycles. The molecule has 29 heavy (non-hydrogen) atoms. The largest absolute Gasteiger partial charge is 0.454 e. The Morgan fingerprint density at radius 1 is 1.07 bits per heavy atom. The molecule has 0 unspecified atom stereocenters. The van der Waals surface area contributed by atoms with E-state index in [1.54, 1.807) is 18.2 Å². The summed E-state index contributed by atoms with van der Waals surface area (Å²) in [6.07, 6.45) is 0. The van der Waals surface area contributed by atoms with Crippen LogP contribution in [0.5, 0.6) is 11.5 Å². The van der Waals surface area contributed by atoms with E-state index in [2.05, 4.69) is 20.8 Å². The van der Waals surface area contributed by atoms with E-state index in [1.165, 1.54) is 23.1 Å². The molecular formula is C19H16N4O4S2. The summed E-state index contributed by atoms with van der Waals surface area (Å²) in [5.74, 6) is 0.948. The van der Waals surface area contributed by atoms with E-state index >= 15 is 0 Å². The lowest BCUT2D eigenvalue weighted by Crippen LogP contribution is -2.24. The predicted molar refractivity (Wildman–Crippen MR) is 109 cm³/mol. The SMILES string of the molecule is O=C(CSc1nnc(NC(=O)c2ccc3c(c2)OCO3)s1)NCc1ccccc1. The molecule has 1 aliphatic heterocycles. The maximum absolute atomic E-state index is 12.4. The van der Waals surface area contributed by atoms with Crippen molar-refractivity contribution in [1.82, 2.24) is 15.5 Å². The van der Waals surface area contributed by atoms with Crippen LogP contribution in [-0.4, -0.2) is 34.6 Å². The monoisotopic (exact) mass is 428 g/mol. The van der Waals surface area contributed by atoms with Gasteiger partial charge in [-0.3, -0.25) is 14.9 Å². The number of hydrogen-bond acceptors (Lipinski definition) is 8. The molecule has 10 heteroatoms. The molecule has 2 N–H and O–H groups in total. The Hall–Kier alpha value is -3.11. The van der Waals surface area contributed by atoms with Crippen LogP contribution in [0.4, 0.5) is 5.13 Å². The third-order valence-corrected chi connectivity index (χ3v) is 5.89. The van der Waals surface area contributed by atoms with Crippen molar-refractivity contribution in [3.05, 3.63) is 59.7 Å². The van der Waals surface area contributed by atoms with Crippen molar-refractivity contribution in [3.8, 4) is 11.5 Å². The Balaban J connectivity index is 1.26. The zero-order valence-corrected chi connectivity index (χ0v) is 16.7. The molecule has 0 aliphatic carbocycles. The molecule has 1 aromatic heterocycles. The predicted octanol–water partition coefficient (Wildman–Crippen LogP) is 2.93. The quantitative estimate of drug-likeness (QED) is 0.441. The smallest absolute Gasteiger partial charge is 0.257 e. The Labute approximate surface area is 174 Å². The number of carbonyl (C=O) groups excluding carboxylic acids is 2. The number of ether oxygens (including phenoxy) is 2. The van der Waals surface area contributed by atoms with Crippen LogP contribution in [0.1, 0.15) is 15.9 Å². The van der Waals surface area contributed by atoms with Gasteiger partial charge in [0.05, 0.1) is 5.75 Å². The van der Waals surface area contributed by atoms with Crippen LogP contribution < -0.4 is 20.1 Å². The third kappa shape index (κ3) is 5.04. The fourth-order valence-corrected chi connectivity index (χ4v) is 4.08. The zero-order valence-electron chi connectivity index (χ0n) is 15.1. The van der Waals surface area contributed by atoms with E-state index in [0.717, 1.165) is 5.56 Å². The first kappa shape index (κ1) is 19.2. The van der Waals surface area contributed by atoms with Gasteiger partial charge in [-0.15, -0.1) is 10.2 Å². The van der Waals surface area contributed by atoms with Gasteiger partial charge in [-0.1, -0.05) is 53.4 Å². The minimum Gasteiger partial charge on any atom is -0.454 e. The van der Waals surface area contributed by atoms with Gasteiger partial charge in [0.2, 0.25) is 17.8 Å².